The lowest BCUT2D eigenvalue weighted by atomic mass is 10.2. The van der Waals surface area contributed by atoms with E-state index in [2.05, 4.69) is 4.98 Å². The van der Waals surface area contributed by atoms with Crippen molar-refractivity contribution in [3.05, 3.63) is 30.1 Å². The molecule has 1 aromatic rings. The van der Waals surface area contributed by atoms with E-state index in [1.807, 2.05) is 0 Å². The summed E-state index contributed by atoms with van der Waals surface area (Å²) in [5.41, 5.74) is 0.509. The second-order valence-electron chi connectivity index (χ2n) is 3.91. The Kier molecular flexibility index (Phi) is 6.29. The highest BCUT2D eigenvalue weighted by atomic mass is 32.2. The van der Waals surface area contributed by atoms with Crippen LogP contribution in [-0.2, 0) is 30.2 Å². The molecule has 0 radical (unpaired) electrons. The van der Waals surface area contributed by atoms with E-state index in [4.69, 9.17) is 9.05 Å². The first-order valence-electron chi connectivity index (χ1n) is 6.07. The summed E-state index contributed by atoms with van der Waals surface area (Å²) in [5, 5.41) is 0. The number of nitrogens with zero attached hydrogens (tertiary/aromatic N) is 1. The molecule has 0 saturated heterocycles. The zero-order valence-corrected chi connectivity index (χ0v) is 13.0. The summed E-state index contributed by atoms with van der Waals surface area (Å²) in [6.45, 7) is 3.15. The first kappa shape index (κ1) is 17.3. The summed E-state index contributed by atoms with van der Waals surface area (Å²) in [4.78, 5) is 2.18. The van der Waals surface area contributed by atoms with Gasteiger partial charge >= 0.3 is 7.60 Å². The van der Waals surface area contributed by atoms with Crippen molar-refractivity contribution in [3.63, 3.8) is 0 Å². The van der Waals surface area contributed by atoms with E-state index in [-0.39, 0.29) is 19.6 Å². The van der Waals surface area contributed by atoms with Crippen molar-refractivity contribution >= 4 is 17.7 Å². The normalized spacial score (nSPS) is 14.2. The molecule has 0 aliphatic heterocycles. The second kappa shape index (κ2) is 7.28. The maximum atomic E-state index is 12.6. The fourth-order valence-electron chi connectivity index (χ4n) is 1.66. The van der Waals surface area contributed by atoms with E-state index in [0.717, 1.165) is 0 Å². The number of hydrogen-bond acceptors (Lipinski definition) is 6. The van der Waals surface area contributed by atoms with Crippen LogP contribution in [0.5, 0.6) is 0 Å². The van der Waals surface area contributed by atoms with E-state index >= 15 is 0 Å². The molecule has 0 aliphatic rings. The molecule has 114 valence electrons. The first-order chi connectivity index (χ1) is 9.33. The van der Waals surface area contributed by atoms with Gasteiger partial charge in [-0.05, 0) is 25.5 Å². The average molecular weight is 323 g/mol. The largest absolute Gasteiger partial charge is 0.351 e. The summed E-state index contributed by atoms with van der Waals surface area (Å²) < 4.78 is 55.0. The van der Waals surface area contributed by atoms with E-state index in [9.17, 15) is 17.5 Å². The van der Waals surface area contributed by atoms with Crippen LogP contribution in [0.4, 0.5) is 0 Å². The van der Waals surface area contributed by atoms with E-state index in [1.165, 1.54) is 12.4 Å². The quantitative estimate of drug-likeness (QED) is 0.577. The monoisotopic (exact) mass is 323 g/mol. The molecule has 0 amide bonds. The zero-order valence-electron chi connectivity index (χ0n) is 11.3. The number of hydrogen-bond donors (Lipinski definition) is 1. The number of rotatable bonds is 8. The van der Waals surface area contributed by atoms with Gasteiger partial charge in [-0.2, -0.15) is 8.42 Å². The minimum atomic E-state index is -4.61. The molecule has 1 atom stereocenters. The Hall–Kier alpha value is -0.790. The Labute approximate surface area is 118 Å². The summed E-state index contributed by atoms with van der Waals surface area (Å²) in [6, 6.07) is 3.23. The summed E-state index contributed by atoms with van der Waals surface area (Å²) in [6.07, 6.45) is 2.75. The van der Waals surface area contributed by atoms with E-state index in [0.29, 0.717) is 5.56 Å². The molecule has 1 aromatic heterocycles. The van der Waals surface area contributed by atoms with Crippen LogP contribution in [0, 0.1) is 0 Å². The van der Waals surface area contributed by atoms with Gasteiger partial charge in [0.25, 0.3) is 10.1 Å². The molecule has 9 heteroatoms. The van der Waals surface area contributed by atoms with Crippen LogP contribution < -0.4 is 0 Å². The molecular formula is C11H18NO6PS. The van der Waals surface area contributed by atoms with Crippen molar-refractivity contribution in [2.45, 2.75) is 25.3 Å². The first-order valence-corrected chi connectivity index (χ1v) is 9.19. The Balaban J connectivity index is 3.15. The van der Waals surface area contributed by atoms with Gasteiger partial charge in [-0.25, -0.2) is 0 Å². The van der Waals surface area contributed by atoms with Crippen molar-refractivity contribution < 1.29 is 26.6 Å². The molecule has 0 aromatic carbocycles. The van der Waals surface area contributed by atoms with Crippen LogP contribution in [0.3, 0.4) is 0 Å². The molecular weight excluding hydrogens is 305 g/mol. The lowest BCUT2D eigenvalue weighted by molar-refractivity contribution is 0.216. The summed E-state index contributed by atoms with van der Waals surface area (Å²) in [7, 11) is -8.59. The lowest BCUT2D eigenvalue weighted by Crippen LogP contribution is -2.25. The molecule has 1 rings (SSSR count). The van der Waals surface area contributed by atoms with Crippen LogP contribution in [-0.4, -0.2) is 36.2 Å². The third-order valence-corrected chi connectivity index (χ3v) is 7.00. The van der Waals surface area contributed by atoms with Gasteiger partial charge in [0.05, 0.1) is 13.2 Å². The highest BCUT2D eigenvalue weighted by Crippen LogP contribution is 2.55. The molecule has 1 unspecified atom stereocenters. The molecule has 0 spiro atoms. The van der Waals surface area contributed by atoms with Gasteiger partial charge in [-0.15, -0.1) is 0 Å². The predicted octanol–water partition coefficient (Wildman–Crippen LogP) is 2.10. The topological polar surface area (TPSA) is 103 Å². The Bertz CT molecular complexity index is 552. The van der Waals surface area contributed by atoms with Crippen molar-refractivity contribution in [3.8, 4) is 0 Å². The van der Waals surface area contributed by atoms with Crippen LogP contribution >= 0.6 is 7.60 Å². The Morgan fingerprint density at radius 1 is 1.35 bits per heavy atom. The molecule has 0 bridgehead atoms. The van der Waals surface area contributed by atoms with Crippen LogP contribution in [0.2, 0.25) is 0 Å². The van der Waals surface area contributed by atoms with Crippen LogP contribution in [0.25, 0.3) is 0 Å². The van der Waals surface area contributed by atoms with Gasteiger partial charge in [-0.3, -0.25) is 14.1 Å². The third-order valence-electron chi connectivity index (χ3n) is 2.45. The number of pyridine rings is 1. The highest BCUT2D eigenvalue weighted by molar-refractivity contribution is 7.94. The summed E-state index contributed by atoms with van der Waals surface area (Å²) >= 11 is 0. The van der Waals surface area contributed by atoms with Crippen molar-refractivity contribution in [1.82, 2.24) is 4.98 Å². The van der Waals surface area contributed by atoms with Gasteiger partial charge in [0.2, 0.25) is 0 Å². The highest BCUT2D eigenvalue weighted by Gasteiger charge is 2.44. The Morgan fingerprint density at radius 3 is 2.35 bits per heavy atom. The standard InChI is InChI=1S/C11H18NO6PS/c1-3-17-19(13,18-4-2)11(20(14,15)16)8-10-6-5-7-12-9-10/h5-7,9,11H,3-4,8H2,1-2H3,(H,14,15,16). The van der Waals surface area contributed by atoms with Gasteiger partial charge in [0, 0.05) is 18.8 Å². The molecule has 1 heterocycles. The SMILES string of the molecule is CCOP(=O)(OCC)C(Cc1cccnc1)S(=O)(=O)O. The third kappa shape index (κ3) is 4.64. The molecule has 0 aliphatic carbocycles. The maximum Gasteiger partial charge on any atom is 0.351 e. The molecule has 0 saturated carbocycles. The van der Waals surface area contributed by atoms with Gasteiger partial charge < -0.3 is 9.05 Å². The minimum absolute atomic E-state index is 0.0103. The van der Waals surface area contributed by atoms with Gasteiger partial charge in [-0.1, -0.05) is 6.07 Å². The summed E-state index contributed by atoms with van der Waals surface area (Å²) in [5.74, 6) is 0. The minimum Gasteiger partial charge on any atom is -0.308 e. The van der Waals surface area contributed by atoms with E-state index < -0.39 is 22.7 Å². The lowest BCUT2D eigenvalue weighted by Gasteiger charge is -2.24. The maximum absolute atomic E-state index is 12.6. The fraction of sp³-hybridized carbons (Fsp3) is 0.545. The van der Waals surface area contributed by atoms with Crippen LogP contribution in [0.15, 0.2) is 24.5 Å². The van der Waals surface area contributed by atoms with Crippen molar-refractivity contribution in [2.75, 3.05) is 13.2 Å². The smallest absolute Gasteiger partial charge is 0.308 e. The molecule has 1 N–H and O–H groups in total. The molecule has 7 nitrogen and oxygen atoms in total. The van der Waals surface area contributed by atoms with Crippen molar-refractivity contribution in [1.29, 1.82) is 0 Å². The molecule has 20 heavy (non-hydrogen) atoms. The Morgan fingerprint density at radius 2 is 1.95 bits per heavy atom. The second-order valence-corrected chi connectivity index (χ2v) is 8.08. The van der Waals surface area contributed by atoms with Gasteiger partial charge in [0.15, 0.2) is 4.99 Å². The fourth-order valence-corrected chi connectivity index (χ4v) is 5.30. The molecule has 0 fully saturated rings. The van der Waals surface area contributed by atoms with Crippen LogP contribution in [0.1, 0.15) is 19.4 Å². The zero-order chi connectivity index (χ0) is 15.2. The average Bonchev–Trinajstić information content (AvgIpc) is 2.36. The van der Waals surface area contributed by atoms with E-state index in [1.54, 1.807) is 26.0 Å². The van der Waals surface area contributed by atoms with Gasteiger partial charge in [0.1, 0.15) is 0 Å². The number of aromatic nitrogens is 1. The van der Waals surface area contributed by atoms with Crippen molar-refractivity contribution in [2.24, 2.45) is 0 Å². The predicted molar refractivity (Wildman–Crippen MR) is 74.1 cm³/mol.